The van der Waals surface area contributed by atoms with Crippen LogP contribution in [0, 0.1) is 26.6 Å². The first-order valence-corrected chi connectivity index (χ1v) is 8.67. The zero-order valence-corrected chi connectivity index (χ0v) is 16.2. The fourth-order valence-electron chi connectivity index (χ4n) is 2.48. The molecule has 3 N–H and O–H groups in total. The minimum atomic E-state index is -1.20. The predicted molar refractivity (Wildman–Crippen MR) is 101 cm³/mol. The lowest BCUT2D eigenvalue weighted by molar-refractivity contribution is 0.207. The van der Waals surface area contributed by atoms with Crippen molar-refractivity contribution in [2.75, 3.05) is 5.32 Å². The van der Waals surface area contributed by atoms with E-state index in [0.29, 0.717) is 22.8 Å². The van der Waals surface area contributed by atoms with Gasteiger partial charge < -0.3 is 10.4 Å². The van der Waals surface area contributed by atoms with Gasteiger partial charge in [-0.15, -0.1) is 0 Å². The van der Waals surface area contributed by atoms with Crippen molar-refractivity contribution in [1.82, 2.24) is 19.7 Å². The number of aromatic amines is 1. The molecule has 1 atom stereocenters. The molecule has 0 spiro atoms. The van der Waals surface area contributed by atoms with Crippen LogP contribution in [-0.4, -0.2) is 24.9 Å². The number of halogens is 3. The van der Waals surface area contributed by atoms with Crippen molar-refractivity contribution < 1.29 is 9.50 Å². The summed E-state index contributed by atoms with van der Waals surface area (Å²) in [5.74, 6) is -0.0293. The van der Waals surface area contributed by atoms with Crippen LogP contribution in [-0.2, 0) is 0 Å². The molecule has 1 unspecified atom stereocenters. The molecule has 0 saturated carbocycles. The van der Waals surface area contributed by atoms with Crippen molar-refractivity contribution >= 4 is 29.0 Å². The molecule has 3 rings (SSSR count). The number of aromatic nitrogens is 4. The van der Waals surface area contributed by atoms with E-state index in [1.165, 1.54) is 22.9 Å². The second-order valence-electron chi connectivity index (χ2n) is 5.98. The topological polar surface area (TPSA) is 95.8 Å². The molecule has 0 aliphatic heterocycles. The highest BCUT2D eigenvalue weighted by Gasteiger charge is 2.19. The highest BCUT2D eigenvalue weighted by atomic mass is 35.5. The van der Waals surface area contributed by atoms with Gasteiger partial charge in [0.05, 0.1) is 16.4 Å². The minimum absolute atomic E-state index is 0.00477. The molecule has 2 aromatic heterocycles. The fraction of sp³-hybridized carbons (Fsp3) is 0.235. The van der Waals surface area contributed by atoms with Crippen LogP contribution in [0.25, 0.3) is 5.95 Å². The third kappa shape index (κ3) is 3.69. The fourth-order valence-corrected chi connectivity index (χ4v) is 2.76. The summed E-state index contributed by atoms with van der Waals surface area (Å²) in [6.45, 7) is 5.18. The molecule has 27 heavy (non-hydrogen) atoms. The molecule has 7 nitrogen and oxygen atoms in total. The monoisotopic (exact) mass is 411 g/mol. The Morgan fingerprint density at radius 3 is 2.59 bits per heavy atom. The summed E-state index contributed by atoms with van der Waals surface area (Å²) in [7, 11) is 0. The number of aryl methyl sites for hydroxylation is 2. The number of hydrogen-bond acceptors (Lipinski definition) is 5. The maximum absolute atomic E-state index is 13.3. The van der Waals surface area contributed by atoms with Gasteiger partial charge in [0.25, 0.3) is 5.56 Å². The maximum Gasteiger partial charge on any atom is 0.271 e. The molecule has 1 aromatic carbocycles. The largest absolute Gasteiger partial charge is 0.369 e. The van der Waals surface area contributed by atoms with Gasteiger partial charge in [0, 0.05) is 11.1 Å². The van der Waals surface area contributed by atoms with Crippen molar-refractivity contribution in [3.63, 3.8) is 0 Å². The lowest BCUT2D eigenvalue weighted by Gasteiger charge is -2.17. The Morgan fingerprint density at radius 2 is 1.96 bits per heavy atom. The SMILES string of the molecule is Cc1nn(-c2nc(C)c(Cl)c(=O)[nH]2)c(NC(O)c2ccc(F)c(Cl)c2)c1C. The van der Waals surface area contributed by atoms with Gasteiger partial charge in [0.1, 0.15) is 16.7 Å². The quantitative estimate of drug-likeness (QED) is 0.571. The third-order valence-electron chi connectivity index (χ3n) is 4.11. The van der Waals surface area contributed by atoms with E-state index in [1.54, 1.807) is 20.8 Å². The first kappa shape index (κ1) is 19.3. The smallest absolute Gasteiger partial charge is 0.271 e. The molecule has 142 valence electrons. The number of nitrogens with one attached hydrogen (secondary N) is 2. The van der Waals surface area contributed by atoms with Gasteiger partial charge in [0.2, 0.25) is 5.95 Å². The molecule has 0 aliphatic carbocycles. The van der Waals surface area contributed by atoms with Crippen LogP contribution in [0.1, 0.15) is 28.7 Å². The van der Waals surface area contributed by atoms with E-state index in [0.717, 1.165) is 5.56 Å². The van der Waals surface area contributed by atoms with Crippen LogP contribution in [0.5, 0.6) is 0 Å². The maximum atomic E-state index is 13.3. The Labute approximate surface area is 163 Å². The second-order valence-corrected chi connectivity index (χ2v) is 6.77. The normalized spacial score (nSPS) is 12.3. The third-order valence-corrected chi connectivity index (χ3v) is 4.84. The van der Waals surface area contributed by atoms with Crippen LogP contribution >= 0.6 is 23.2 Å². The van der Waals surface area contributed by atoms with E-state index in [2.05, 4.69) is 20.4 Å². The molecule has 2 heterocycles. The predicted octanol–water partition coefficient (Wildman–Crippen LogP) is 3.43. The molecular weight excluding hydrogens is 396 g/mol. The van der Waals surface area contributed by atoms with Crippen molar-refractivity contribution in [3.8, 4) is 5.95 Å². The number of hydrogen-bond donors (Lipinski definition) is 3. The number of aliphatic hydroxyl groups is 1. The molecule has 0 aliphatic rings. The summed E-state index contributed by atoms with van der Waals surface area (Å²) in [4.78, 5) is 18.8. The molecule has 0 bridgehead atoms. The van der Waals surface area contributed by atoms with Gasteiger partial charge in [0.15, 0.2) is 6.23 Å². The van der Waals surface area contributed by atoms with Gasteiger partial charge in [-0.2, -0.15) is 9.78 Å². The Hall–Kier alpha value is -2.42. The molecule has 0 saturated heterocycles. The summed E-state index contributed by atoms with van der Waals surface area (Å²) >= 11 is 11.7. The number of aliphatic hydroxyl groups excluding tert-OH is 1. The van der Waals surface area contributed by atoms with E-state index >= 15 is 0 Å². The Bertz CT molecular complexity index is 1080. The minimum Gasteiger partial charge on any atom is -0.369 e. The molecule has 0 amide bonds. The van der Waals surface area contributed by atoms with Gasteiger partial charge in [-0.3, -0.25) is 9.78 Å². The summed E-state index contributed by atoms with van der Waals surface area (Å²) in [6.07, 6.45) is -1.20. The number of H-pyrrole nitrogens is 1. The van der Waals surface area contributed by atoms with E-state index in [-0.39, 0.29) is 16.0 Å². The van der Waals surface area contributed by atoms with Crippen LogP contribution < -0.4 is 10.9 Å². The number of anilines is 1. The Balaban J connectivity index is 2.04. The van der Waals surface area contributed by atoms with E-state index < -0.39 is 17.6 Å². The standard InChI is InChI=1S/C17H16Cl2FN5O2/c1-7-8(2)24-25(17-21-9(3)13(19)16(27)23-17)14(7)22-15(26)10-4-5-12(20)11(18)6-10/h4-6,15,22,26H,1-3H3,(H,21,23,27). The highest BCUT2D eigenvalue weighted by molar-refractivity contribution is 6.31. The molecule has 0 fully saturated rings. The summed E-state index contributed by atoms with van der Waals surface area (Å²) < 4.78 is 14.7. The van der Waals surface area contributed by atoms with Crippen LogP contribution in [0.2, 0.25) is 10.0 Å². The first-order valence-electron chi connectivity index (χ1n) is 7.91. The zero-order valence-electron chi connectivity index (χ0n) is 14.6. The van der Waals surface area contributed by atoms with Crippen molar-refractivity contribution in [3.05, 3.63) is 66.9 Å². The van der Waals surface area contributed by atoms with E-state index in [1.807, 2.05) is 0 Å². The van der Waals surface area contributed by atoms with Crippen LogP contribution in [0.4, 0.5) is 10.2 Å². The number of rotatable bonds is 4. The second kappa shape index (κ2) is 7.30. The van der Waals surface area contributed by atoms with E-state index in [9.17, 15) is 14.3 Å². The lowest BCUT2D eigenvalue weighted by atomic mass is 10.2. The van der Waals surface area contributed by atoms with Crippen LogP contribution in [0.15, 0.2) is 23.0 Å². The average molecular weight is 412 g/mol. The van der Waals surface area contributed by atoms with Crippen molar-refractivity contribution in [2.45, 2.75) is 27.0 Å². The first-order chi connectivity index (χ1) is 12.7. The zero-order chi connectivity index (χ0) is 19.9. The molecule has 10 heteroatoms. The Kier molecular flexibility index (Phi) is 5.23. The molecular formula is C17H16Cl2FN5O2. The molecule has 0 radical (unpaired) electrons. The van der Waals surface area contributed by atoms with Crippen LogP contribution in [0.3, 0.4) is 0 Å². The molecule has 3 aromatic rings. The summed E-state index contributed by atoms with van der Waals surface area (Å²) in [5.41, 5.74) is 1.61. The van der Waals surface area contributed by atoms with Gasteiger partial charge in [-0.1, -0.05) is 29.3 Å². The van der Waals surface area contributed by atoms with E-state index in [4.69, 9.17) is 23.2 Å². The highest BCUT2D eigenvalue weighted by Crippen LogP contribution is 2.27. The van der Waals surface area contributed by atoms with Gasteiger partial charge in [-0.25, -0.2) is 9.37 Å². The van der Waals surface area contributed by atoms with Gasteiger partial charge >= 0.3 is 0 Å². The number of benzene rings is 1. The summed E-state index contributed by atoms with van der Waals surface area (Å²) in [6, 6.07) is 3.90. The van der Waals surface area contributed by atoms with Crippen molar-refractivity contribution in [2.24, 2.45) is 0 Å². The van der Waals surface area contributed by atoms with Crippen molar-refractivity contribution in [1.29, 1.82) is 0 Å². The average Bonchev–Trinajstić information content (AvgIpc) is 2.90. The van der Waals surface area contributed by atoms with Gasteiger partial charge in [-0.05, 0) is 32.9 Å². The lowest BCUT2D eigenvalue weighted by Crippen LogP contribution is -2.19. The summed E-state index contributed by atoms with van der Waals surface area (Å²) in [5, 5.41) is 17.6. The Morgan fingerprint density at radius 1 is 1.26 bits per heavy atom. The number of nitrogens with zero attached hydrogens (tertiary/aromatic N) is 3.